The molecule has 0 fully saturated rings. The van der Waals surface area contributed by atoms with Crippen LogP contribution in [0.3, 0.4) is 0 Å². The lowest BCUT2D eigenvalue weighted by Crippen LogP contribution is -2.26. The van der Waals surface area contributed by atoms with Crippen LogP contribution in [-0.2, 0) is 6.54 Å². The zero-order valence-electron chi connectivity index (χ0n) is 18.2. The van der Waals surface area contributed by atoms with Crippen molar-refractivity contribution in [3.63, 3.8) is 0 Å². The molecule has 34 heavy (non-hydrogen) atoms. The highest BCUT2D eigenvalue weighted by Crippen LogP contribution is 2.38. The molecule has 1 aliphatic rings. The Bertz CT molecular complexity index is 1470. The van der Waals surface area contributed by atoms with E-state index in [1.54, 1.807) is 42.2 Å². The van der Waals surface area contributed by atoms with Crippen molar-refractivity contribution in [1.29, 1.82) is 0 Å². The normalized spacial score (nSPS) is 13.0. The lowest BCUT2D eigenvalue weighted by Gasteiger charge is -2.18. The van der Waals surface area contributed by atoms with E-state index in [1.807, 2.05) is 48.5 Å². The third-order valence-corrected chi connectivity index (χ3v) is 6.41. The van der Waals surface area contributed by atoms with Crippen LogP contribution in [-0.4, -0.2) is 17.5 Å². The van der Waals surface area contributed by atoms with Crippen molar-refractivity contribution in [3.05, 3.63) is 111 Å². The van der Waals surface area contributed by atoms with Crippen molar-refractivity contribution in [1.82, 2.24) is 5.43 Å². The molecule has 2 amide bonds. The van der Waals surface area contributed by atoms with E-state index in [0.717, 1.165) is 27.6 Å². The largest absolute Gasteiger partial charge is 0.303 e. The molecule has 0 bridgehead atoms. The Morgan fingerprint density at radius 1 is 0.971 bits per heavy atom. The third-order valence-electron chi connectivity index (χ3n) is 5.85. The van der Waals surface area contributed by atoms with Gasteiger partial charge in [-0.3, -0.25) is 9.59 Å². The fourth-order valence-corrected chi connectivity index (χ4v) is 4.54. The SMILES string of the molecule is CC(=NNC(=O)c1ccc(CN2C(=O)c3cccc4cccc2c34)cc1)c1cc(Cl)ccc1Cl. The molecule has 0 radical (unpaired) electrons. The Hall–Kier alpha value is -3.67. The zero-order valence-corrected chi connectivity index (χ0v) is 19.7. The first-order valence-electron chi connectivity index (χ1n) is 10.6. The molecule has 7 heteroatoms. The summed E-state index contributed by atoms with van der Waals surface area (Å²) in [5.74, 6) is -0.364. The Balaban J connectivity index is 1.30. The van der Waals surface area contributed by atoms with Crippen LogP contribution in [0.5, 0.6) is 0 Å². The van der Waals surface area contributed by atoms with Gasteiger partial charge in [-0.25, -0.2) is 5.43 Å². The molecule has 1 aliphatic heterocycles. The topological polar surface area (TPSA) is 61.8 Å². The number of halogens is 2. The number of amides is 2. The highest BCUT2D eigenvalue weighted by molar-refractivity contribution is 6.36. The van der Waals surface area contributed by atoms with Crippen LogP contribution in [0.4, 0.5) is 5.69 Å². The van der Waals surface area contributed by atoms with Crippen molar-refractivity contribution in [2.24, 2.45) is 5.10 Å². The summed E-state index contributed by atoms with van der Waals surface area (Å²) in [4.78, 5) is 27.3. The highest BCUT2D eigenvalue weighted by Gasteiger charge is 2.29. The molecule has 4 aromatic carbocycles. The standard InChI is InChI=1S/C27H19Cl2N3O2/c1-16(22-14-20(28)12-13-23(22)29)30-31-26(33)19-10-8-17(9-11-19)15-32-24-7-3-5-18-4-2-6-21(25(18)24)27(32)34/h2-14H,15H2,1H3,(H,31,33). The number of nitrogens with zero attached hydrogens (tertiary/aromatic N) is 2. The Morgan fingerprint density at radius 3 is 2.47 bits per heavy atom. The highest BCUT2D eigenvalue weighted by atomic mass is 35.5. The summed E-state index contributed by atoms with van der Waals surface area (Å²) in [6.45, 7) is 2.16. The molecule has 1 N–H and O–H groups in total. The molecule has 168 valence electrons. The van der Waals surface area contributed by atoms with Gasteiger partial charge in [0.05, 0.1) is 17.9 Å². The van der Waals surface area contributed by atoms with Crippen LogP contribution in [0, 0.1) is 0 Å². The fourth-order valence-electron chi connectivity index (χ4n) is 4.11. The van der Waals surface area contributed by atoms with Crippen LogP contribution < -0.4 is 10.3 Å². The molecule has 1 heterocycles. The van der Waals surface area contributed by atoms with Crippen LogP contribution >= 0.6 is 23.2 Å². The van der Waals surface area contributed by atoms with Gasteiger partial charge >= 0.3 is 0 Å². The van der Waals surface area contributed by atoms with Gasteiger partial charge in [-0.2, -0.15) is 5.10 Å². The molecular weight excluding hydrogens is 469 g/mol. The van der Waals surface area contributed by atoms with Gasteiger partial charge in [0.1, 0.15) is 0 Å². The molecule has 5 rings (SSSR count). The van der Waals surface area contributed by atoms with Crippen molar-refractivity contribution >= 4 is 57.2 Å². The molecule has 0 aliphatic carbocycles. The van der Waals surface area contributed by atoms with Gasteiger partial charge in [0.15, 0.2) is 0 Å². The van der Waals surface area contributed by atoms with Crippen LogP contribution in [0.15, 0.2) is 84.0 Å². The van der Waals surface area contributed by atoms with E-state index >= 15 is 0 Å². The summed E-state index contributed by atoms with van der Waals surface area (Å²) in [5, 5.41) is 7.22. The maximum absolute atomic E-state index is 13.0. The average molecular weight is 488 g/mol. The predicted molar refractivity (Wildman–Crippen MR) is 137 cm³/mol. The molecule has 0 unspecified atom stereocenters. The summed E-state index contributed by atoms with van der Waals surface area (Å²) in [5.41, 5.74) is 6.74. The van der Waals surface area contributed by atoms with E-state index in [2.05, 4.69) is 10.5 Å². The first-order valence-corrected chi connectivity index (χ1v) is 11.4. The van der Waals surface area contributed by atoms with Crippen LogP contribution in [0.2, 0.25) is 10.0 Å². The van der Waals surface area contributed by atoms with Crippen LogP contribution in [0.1, 0.15) is 38.8 Å². The minimum absolute atomic E-state index is 0.0156. The van der Waals surface area contributed by atoms with Gasteiger partial charge in [0.25, 0.3) is 11.8 Å². The molecule has 5 nitrogen and oxygen atoms in total. The van der Waals surface area contributed by atoms with E-state index in [-0.39, 0.29) is 11.8 Å². The number of nitrogens with one attached hydrogen (secondary N) is 1. The number of benzene rings is 4. The fraction of sp³-hybridized carbons (Fsp3) is 0.0741. The third kappa shape index (κ3) is 4.04. The van der Waals surface area contributed by atoms with Crippen molar-refractivity contribution in [3.8, 4) is 0 Å². The summed E-state index contributed by atoms with van der Waals surface area (Å²) in [6.07, 6.45) is 0. The predicted octanol–water partition coefficient (Wildman–Crippen LogP) is 6.46. The number of hydrogen-bond acceptors (Lipinski definition) is 3. The molecular formula is C27H19Cl2N3O2. The second-order valence-corrected chi connectivity index (χ2v) is 8.87. The Kier molecular flexibility index (Phi) is 5.82. The molecule has 0 spiro atoms. The summed E-state index contributed by atoms with van der Waals surface area (Å²) in [6, 6.07) is 23.9. The van der Waals surface area contributed by atoms with Crippen molar-refractivity contribution in [2.75, 3.05) is 4.90 Å². The first kappa shape index (κ1) is 22.1. The summed E-state index contributed by atoms with van der Waals surface area (Å²) in [7, 11) is 0. The number of hydrazone groups is 1. The monoisotopic (exact) mass is 487 g/mol. The van der Waals surface area contributed by atoms with Crippen LogP contribution in [0.25, 0.3) is 10.8 Å². The molecule has 0 saturated carbocycles. The van der Waals surface area contributed by atoms with E-state index in [9.17, 15) is 9.59 Å². The van der Waals surface area contributed by atoms with Gasteiger partial charge in [0.2, 0.25) is 0 Å². The van der Waals surface area contributed by atoms with Gasteiger partial charge in [0, 0.05) is 32.1 Å². The number of carbonyl (C=O) groups is 2. The Labute approximate surface area is 206 Å². The number of carbonyl (C=O) groups excluding carboxylic acids is 2. The van der Waals surface area contributed by atoms with E-state index in [0.29, 0.717) is 33.4 Å². The lowest BCUT2D eigenvalue weighted by atomic mass is 10.1. The molecule has 0 saturated heterocycles. The van der Waals surface area contributed by atoms with E-state index in [1.165, 1.54) is 0 Å². The minimum Gasteiger partial charge on any atom is -0.303 e. The summed E-state index contributed by atoms with van der Waals surface area (Å²) >= 11 is 12.2. The van der Waals surface area contributed by atoms with Gasteiger partial charge < -0.3 is 4.90 Å². The minimum atomic E-state index is -0.349. The average Bonchev–Trinajstić information content (AvgIpc) is 3.12. The first-order chi connectivity index (χ1) is 16.4. The molecule has 4 aromatic rings. The van der Waals surface area contributed by atoms with E-state index < -0.39 is 0 Å². The number of rotatable bonds is 5. The van der Waals surface area contributed by atoms with Gasteiger partial charge in [-0.15, -0.1) is 0 Å². The van der Waals surface area contributed by atoms with Gasteiger partial charge in [-0.05, 0) is 60.3 Å². The van der Waals surface area contributed by atoms with Crippen molar-refractivity contribution < 1.29 is 9.59 Å². The maximum Gasteiger partial charge on any atom is 0.271 e. The second-order valence-electron chi connectivity index (χ2n) is 8.03. The molecule has 0 aromatic heterocycles. The second kappa shape index (κ2) is 8.93. The molecule has 0 atom stereocenters. The number of anilines is 1. The Morgan fingerprint density at radius 2 is 1.71 bits per heavy atom. The zero-order chi connectivity index (χ0) is 23.8. The quantitative estimate of drug-likeness (QED) is 0.259. The van der Waals surface area contributed by atoms with Crippen molar-refractivity contribution in [2.45, 2.75) is 13.5 Å². The number of hydrogen-bond donors (Lipinski definition) is 1. The van der Waals surface area contributed by atoms with E-state index in [4.69, 9.17) is 23.2 Å². The maximum atomic E-state index is 13.0. The van der Waals surface area contributed by atoms with Gasteiger partial charge in [-0.1, -0.05) is 59.6 Å². The smallest absolute Gasteiger partial charge is 0.271 e. The lowest BCUT2D eigenvalue weighted by molar-refractivity contribution is 0.0953. The summed E-state index contributed by atoms with van der Waals surface area (Å²) < 4.78 is 0.